The van der Waals surface area contributed by atoms with Gasteiger partial charge in [-0.15, -0.1) is 0 Å². The van der Waals surface area contributed by atoms with Crippen LogP contribution in [0.25, 0.3) is 0 Å². The van der Waals surface area contributed by atoms with Gasteiger partial charge in [0.2, 0.25) is 0 Å². The SMILES string of the molecule is C=CC(=C)C.C=CC(=C)CC. The number of hydrogen-bond donors (Lipinski definition) is 0. The van der Waals surface area contributed by atoms with Gasteiger partial charge in [0.05, 0.1) is 0 Å². The highest BCUT2D eigenvalue weighted by molar-refractivity contribution is 5.09. The molecule has 62 valence electrons. The molecular formula is C11H18. The fourth-order valence-corrected chi connectivity index (χ4v) is 0.144. The lowest BCUT2D eigenvalue weighted by atomic mass is 10.2. The van der Waals surface area contributed by atoms with E-state index in [1.807, 2.05) is 6.92 Å². The molecule has 0 unspecified atom stereocenters. The maximum absolute atomic E-state index is 3.67. The molecule has 0 N–H and O–H groups in total. The van der Waals surface area contributed by atoms with E-state index < -0.39 is 0 Å². The Morgan fingerprint density at radius 2 is 1.55 bits per heavy atom. The molecule has 0 aliphatic rings. The highest BCUT2D eigenvalue weighted by Crippen LogP contribution is 1.93. The predicted molar refractivity (Wildman–Crippen MR) is 54.6 cm³/mol. The van der Waals surface area contributed by atoms with Crippen LogP contribution in [0.15, 0.2) is 49.6 Å². The van der Waals surface area contributed by atoms with Crippen molar-refractivity contribution in [2.24, 2.45) is 0 Å². The molecule has 0 rings (SSSR count). The second kappa shape index (κ2) is 8.96. The third-order valence-electron chi connectivity index (χ3n) is 1.09. The molecule has 0 saturated carbocycles. The van der Waals surface area contributed by atoms with Crippen LogP contribution in [0.5, 0.6) is 0 Å². The van der Waals surface area contributed by atoms with Crippen molar-refractivity contribution >= 4 is 0 Å². The summed E-state index contributed by atoms with van der Waals surface area (Å²) in [4.78, 5) is 0. The fourth-order valence-electron chi connectivity index (χ4n) is 0.144. The normalized spacial score (nSPS) is 7.09. The molecule has 0 aromatic heterocycles. The Hall–Kier alpha value is -1.04. The van der Waals surface area contributed by atoms with E-state index in [-0.39, 0.29) is 0 Å². The first-order chi connectivity index (χ1) is 5.08. The van der Waals surface area contributed by atoms with Crippen LogP contribution in [0.3, 0.4) is 0 Å². The van der Waals surface area contributed by atoms with E-state index in [0.717, 1.165) is 17.6 Å². The Bertz CT molecular complexity index is 149. The van der Waals surface area contributed by atoms with Crippen LogP contribution in [-0.2, 0) is 0 Å². The minimum absolute atomic E-state index is 1.02. The monoisotopic (exact) mass is 150 g/mol. The standard InChI is InChI=1S/C6H10.C5H8/c1-4-6(3)5-2;1-4-5(2)3/h4H,1,3,5H2,2H3;4H,1-2H2,3H3. The summed E-state index contributed by atoms with van der Waals surface area (Å²) < 4.78 is 0. The van der Waals surface area contributed by atoms with Crippen molar-refractivity contribution in [2.75, 3.05) is 0 Å². The molecule has 0 nitrogen and oxygen atoms in total. The lowest BCUT2D eigenvalue weighted by Gasteiger charge is -1.83. The molecule has 0 aromatic carbocycles. The number of rotatable bonds is 3. The molecule has 0 aliphatic carbocycles. The van der Waals surface area contributed by atoms with Gasteiger partial charge in [0.25, 0.3) is 0 Å². The molecule has 0 aliphatic heterocycles. The Kier molecular flexibility index (Phi) is 10.3. The Morgan fingerprint density at radius 3 is 1.55 bits per heavy atom. The molecule has 0 heteroatoms. The van der Waals surface area contributed by atoms with Crippen LogP contribution in [0.2, 0.25) is 0 Å². The van der Waals surface area contributed by atoms with Gasteiger partial charge in [-0.2, -0.15) is 0 Å². The third kappa shape index (κ3) is 17.6. The summed E-state index contributed by atoms with van der Waals surface area (Å²) in [5.41, 5.74) is 2.12. The lowest BCUT2D eigenvalue weighted by Crippen LogP contribution is -1.62. The second-order valence-corrected chi connectivity index (χ2v) is 2.27. The van der Waals surface area contributed by atoms with Crippen LogP contribution >= 0.6 is 0 Å². The maximum Gasteiger partial charge on any atom is -0.0314 e. The predicted octanol–water partition coefficient (Wildman–Crippen LogP) is 3.89. The molecule has 0 spiro atoms. The zero-order chi connectivity index (χ0) is 9.28. The lowest BCUT2D eigenvalue weighted by molar-refractivity contribution is 1.16. The van der Waals surface area contributed by atoms with Gasteiger partial charge < -0.3 is 0 Å². The highest BCUT2D eigenvalue weighted by Gasteiger charge is 1.72. The summed E-state index contributed by atoms with van der Waals surface area (Å²) in [5, 5.41) is 0. The summed E-state index contributed by atoms with van der Waals surface area (Å²) in [5.74, 6) is 0. The molecule has 0 saturated heterocycles. The largest absolute Gasteiger partial charge is 0.0988 e. The van der Waals surface area contributed by atoms with Crippen molar-refractivity contribution in [2.45, 2.75) is 20.3 Å². The number of hydrogen-bond acceptors (Lipinski definition) is 0. The summed E-state index contributed by atoms with van der Waals surface area (Å²) >= 11 is 0. The van der Waals surface area contributed by atoms with Crippen molar-refractivity contribution in [1.82, 2.24) is 0 Å². The van der Waals surface area contributed by atoms with Crippen molar-refractivity contribution < 1.29 is 0 Å². The molecule has 0 heterocycles. The zero-order valence-corrected chi connectivity index (χ0v) is 7.69. The molecule has 0 bridgehead atoms. The van der Waals surface area contributed by atoms with E-state index in [4.69, 9.17) is 0 Å². The molecule has 0 amide bonds. The van der Waals surface area contributed by atoms with Gasteiger partial charge in [0.1, 0.15) is 0 Å². The van der Waals surface area contributed by atoms with E-state index >= 15 is 0 Å². The van der Waals surface area contributed by atoms with Gasteiger partial charge in [-0.1, -0.05) is 56.5 Å². The Labute approximate surface area is 70.6 Å². The van der Waals surface area contributed by atoms with Gasteiger partial charge in [0, 0.05) is 0 Å². The molecule has 0 radical (unpaired) electrons. The van der Waals surface area contributed by atoms with Crippen molar-refractivity contribution in [1.29, 1.82) is 0 Å². The van der Waals surface area contributed by atoms with Gasteiger partial charge in [-0.25, -0.2) is 0 Å². The first-order valence-electron chi connectivity index (χ1n) is 3.66. The van der Waals surface area contributed by atoms with Crippen molar-refractivity contribution in [3.63, 3.8) is 0 Å². The first kappa shape index (κ1) is 12.6. The Morgan fingerprint density at radius 1 is 1.18 bits per heavy atom. The van der Waals surface area contributed by atoms with E-state index in [1.165, 1.54) is 0 Å². The van der Waals surface area contributed by atoms with Crippen LogP contribution in [-0.4, -0.2) is 0 Å². The summed E-state index contributed by atoms with van der Waals surface area (Å²) in [6, 6.07) is 0. The van der Waals surface area contributed by atoms with E-state index in [1.54, 1.807) is 12.2 Å². The minimum atomic E-state index is 1.02. The molecule has 0 aromatic rings. The van der Waals surface area contributed by atoms with E-state index in [9.17, 15) is 0 Å². The van der Waals surface area contributed by atoms with Crippen molar-refractivity contribution in [3.05, 3.63) is 49.6 Å². The molecule has 0 atom stereocenters. The molecule has 11 heavy (non-hydrogen) atoms. The summed E-state index contributed by atoms with van der Waals surface area (Å²) in [7, 11) is 0. The fraction of sp³-hybridized carbons (Fsp3) is 0.273. The molecular weight excluding hydrogens is 132 g/mol. The minimum Gasteiger partial charge on any atom is -0.0988 e. The van der Waals surface area contributed by atoms with E-state index in [0.29, 0.717) is 0 Å². The average molecular weight is 150 g/mol. The van der Waals surface area contributed by atoms with E-state index in [2.05, 4.69) is 33.2 Å². The smallest absolute Gasteiger partial charge is 0.0314 e. The molecule has 0 fully saturated rings. The summed E-state index contributed by atoms with van der Waals surface area (Å²) in [6.07, 6.45) is 4.52. The number of allylic oxidation sites excluding steroid dienone is 4. The first-order valence-corrected chi connectivity index (χ1v) is 3.66. The summed E-state index contributed by atoms with van der Waals surface area (Å²) in [6.45, 7) is 18.2. The van der Waals surface area contributed by atoms with Crippen LogP contribution in [0, 0.1) is 0 Å². The Balaban J connectivity index is 0. The quantitative estimate of drug-likeness (QED) is 0.535. The zero-order valence-electron chi connectivity index (χ0n) is 7.69. The topological polar surface area (TPSA) is 0 Å². The average Bonchev–Trinajstić information content (AvgIpc) is 2.04. The van der Waals surface area contributed by atoms with Crippen molar-refractivity contribution in [3.8, 4) is 0 Å². The second-order valence-electron chi connectivity index (χ2n) is 2.27. The highest BCUT2D eigenvalue weighted by atomic mass is 13.8. The third-order valence-corrected chi connectivity index (χ3v) is 1.09. The van der Waals surface area contributed by atoms with Gasteiger partial charge in [0.15, 0.2) is 0 Å². The van der Waals surface area contributed by atoms with Gasteiger partial charge >= 0.3 is 0 Å². The van der Waals surface area contributed by atoms with Crippen LogP contribution < -0.4 is 0 Å². The van der Waals surface area contributed by atoms with Crippen LogP contribution in [0.4, 0.5) is 0 Å². The maximum atomic E-state index is 3.67. The van der Waals surface area contributed by atoms with Gasteiger partial charge in [-0.05, 0) is 13.3 Å². The van der Waals surface area contributed by atoms with Gasteiger partial charge in [-0.3, -0.25) is 0 Å². The van der Waals surface area contributed by atoms with Crippen LogP contribution in [0.1, 0.15) is 20.3 Å².